The number of fused-ring (bicyclic) bond motifs is 1. The van der Waals surface area contributed by atoms with E-state index in [9.17, 15) is 9.59 Å². The first-order chi connectivity index (χ1) is 12.9. The second-order valence-corrected chi connectivity index (χ2v) is 7.32. The predicted octanol–water partition coefficient (Wildman–Crippen LogP) is 2.93. The minimum Gasteiger partial charge on any atom is -0.444 e. The van der Waals surface area contributed by atoms with Gasteiger partial charge in [0, 0.05) is 11.4 Å². The van der Waals surface area contributed by atoms with Crippen LogP contribution in [0.25, 0.3) is 10.8 Å². The molecule has 2 heterocycles. The first-order valence-corrected chi connectivity index (χ1v) is 9.71. The van der Waals surface area contributed by atoms with Crippen molar-refractivity contribution in [2.45, 2.75) is 25.3 Å². The SMILES string of the molecule is CSc1ccc(CN(C)CC(=O)Nc2oc(C)c3c(C)n[nH]c(=O)c23)cc1. The smallest absolute Gasteiger partial charge is 0.277 e. The molecule has 0 aliphatic rings. The number of hydrogen-bond acceptors (Lipinski definition) is 6. The van der Waals surface area contributed by atoms with Crippen LogP contribution < -0.4 is 10.9 Å². The molecule has 0 bridgehead atoms. The molecular formula is C19H22N4O3S. The molecule has 7 nitrogen and oxygen atoms in total. The van der Waals surface area contributed by atoms with Crippen LogP contribution in [0, 0.1) is 13.8 Å². The van der Waals surface area contributed by atoms with Gasteiger partial charge in [0.25, 0.3) is 5.56 Å². The van der Waals surface area contributed by atoms with Gasteiger partial charge in [-0.1, -0.05) is 12.1 Å². The Labute approximate surface area is 161 Å². The van der Waals surface area contributed by atoms with Crippen molar-refractivity contribution in [3.8, 4) is 0 Å². The summed E-state index contributed by atoms with van der Waals surface area (Å²) in [5.41, 5.74) is 1.39. The zero-order chi connectivity index (χ0) is 19.6. The van der Waals surface area contributed by atoms with Gasteiger partial charge in [-0.05, 0) is 44.8 Å². The number of nitrogens with one attached hydrogen (secondary N) is 2. The van der Waals surface area contributed by atoms with Crippen molar-refractivity contribution >= 4 is 34.3 Å². The molecule has 0 saturated heterocycles. The number of nitrogens with zero attached hydrogens (tertiary/aromatic N) is 2. The van der Waals surface area contributed by atoms with E-state index in [-0.39, 0.29) is 23.9 Å². The van der Waals surface area contributed by atoms with Gasteiger partial charge in [-0.3, -0.25) is 19.8 Å². The Balaban J connectivity index is 1.69. The van der Waals surface area contributed by atoms with E-state index >= 15 is 0 Å². The number of aromatic nitrogens is 2. The lowest BCUT2D eigenvalue weighted by molar-refractivity contribution is -0.117. The largest absolute Gasteiger partial charge is 0.444 e. The number of amides is 1. The molecule has 3 rings (SSSR count). The Morgan fingerprint density at radius 2 is 1.96 bits per heavy atom. The summed E-state index contributed by atoms with van der Waals surface area (Å²) in [4.78, 5) is 27.6. The molecule has 8 heteroatoms. The van der Waals surface area contributed by atoms with E-state index in [1.807, 2.05) is 18.2 Å². The van der Waals surface area contributed by atoms with Gasteiger partial charge in [0.15, 0.2) is 0 Å². The zero-order valence-corrected chi connectivity index (χ0v) is 16.6. The van der Waals surface area contributed by atoms with Gasteiger partial charge in [0.05, 0.1) is 17.6 Å². The Morgan fingerprint density at radius 1 is 1.26 bits per heavy atom. The summed E-state index contributed by atoms with van der Waals surface area (Å²) in [6.45, 7) is 4.34. The van der Waals surface area contributed by atoms with Crippen molar-refractivity contribution in [2.24, 2.45) is 0 Å². The highest BCUT2D eigenvalue weighted by Gasteiger charge is 2.19. The molecule has 0 fully saturated rings. The van der Waals surface area contributed by atoms with Crippen LogP contribution in [0.3, 0.4) is 0 Å². The van der Waals surface area contributed by atoms with Crippen LogP contribution >= 0.6 is 11.8 Å². The van der Waals surface area contributed by atoms with Crippen LogP contribution in [0.15, 0.2) is 38.4 Å². The number of carbonyl (C=O) groups excluding carboxylic acids is 1. The molecular weight excluding hydrogens is 364 g/mol. The number of hydrogen-bond donors (Lipinski definition) is 2. The molecule has 27 heavy (non-hydrogen) atoms. The van der Waals surface area contributed by atoms with Crippen molar-refractivity contribution in [3.63, 3.8) is 0 Å². The second-order valence-electron chi connectivity index (χ2n) is 6.44. The van der Waals surface area contributed by atoms with E-state index in [2.05, 4.69) is 39.8 Å². The van der Waals surface area contributed by atoms with Crippen LogP contribution in [-0.2, 0) is 11.3 Å². The van der Waals surface area contributed by atoms with Crippen LogP contribution in [0.2, 0.25) is 0 Å². The fraction of sp³-hybridized carbons (Fsp3) is 0.316. The van der Waals surface area contributed by atoms with Crippen molar-refractivity contribution in [3.05, 3.63) is 51.6 Å². The minimum atomic E-state index is -0.384. The Hall–Kier alpha value is -2.58. The number of aromatic amines is 1. The van der Waals surface area contributed by atoms with E-state index in [1.54, 1.807) is 25.6 Å². The minimum absolute atomic E-state index is 0.164. The summed E-state index contributed by atoms with van der Waals surface area (Å²) in [7, 11) is 1.87. The summed E-state index contributed by atoms with van der Waals surface area (Å²) in [5, 5.41) is 10.0. The van der Waals surface area contributed by atoms with Gasteiger partial charge in [-0.2, -0.15) is 5.10 Å². The summed E-state index contributed by atoms with van der Waals surface area (Å²) in [6.07, 6.45) is 2.04. The van der Waals surface area contributed by atoms with Crippen LogP contribution in [0.4, 0.5) is 5.88 Å². The maximum atomic E-state index is 12.4. The van der Waals surface area contributed by atoms with Gasteiger partial charge in [0.2, 0.25) is 11.8 Å². The van der Waals surface area contributed by atoms with Crippen LogP contribution in [0.5, 0.6) is 0 Å². The van der Waals surface area contributed by atoms with Crippen molar-refractivity contribution < 1.29 is 9.21 Å². The lowest BCUT2D eigenvalue weighted by atomic mass is 10.2. The number of benzene rings is 1. The maximum absolute atomic E-state index is 12.4. The first-order valence-electron chi connectivity index (χ1n) is 8.48. The van der Waals surface area contributed by atoms with Gasteiger partial charge in [-0.15, -0.1) is 11.8 Å². The van der Waals surface area contributed by atoms with E-state index in [0.29, 0.717) is 28.8 Å². The highest BCUT2D eigenvalue weighted by molar-refractivity contribution is 7.98. The molecule has 0 saturated carbocycles. The van der Waals surface area contributed by atoms with Gasteiger partial charge >= 0.3 is 0 Å². The lowest BCUT2D eigenvalue weighted by Gasteiger charge is -2.16. The summed E-state index contributed by atoms with van der Waals surface area (Å²) >= 11 is 1.69. The molecule has 0 radical (unpaired) electrons. The Bertz CT molecular complexity index is 1020. The predicted molar refractivity (Wildman–Crippen MR) is 107 cm³/mol. The number of anilines is 1. The maximum Gasteiger partial charge on any atom is 0.277 e. The molecule has 2 aromatic heterocycles. The van der Waals surface area contributed by atoms with Gasteiger partial charge in [-0.25, -0.2) is 5.10 Å². The number of aryl methyl sites for hydroxylation is 2. The summed E-state index contributed by atoms with van der Waals surface area (Å²) in [5.74, 6) is 0.471. The molecule has 0 aliphatic heterocycles. The summed E-state index contributed by atoms with van der Waals surface area (Å²) in [6, 6.07) is 8.24. The molecule has 142 valence electrons. The highest BCUT2D eigenvalue weighted by Crippen LogP contribution is 2.28. The zero-order valence-electron chi connectivity index (χ0n) is 15.8. The van der Waals surface area contributed by atoms with E-state index in [4.69, 9.17) is 4.42 Å². The fourth-order valence-electron chi connectivity index (χ4n) is 3.04. The number of thioether (sulfide) groups is 1. The normalized spacial score (nSPS) is 11.3. The third-order valence-corrected chi connectivity index (χ3v) is 5.02. The molecule has 0 unspecified atom stereocenters. The van der Waals surface area contributed by atoms with E-state index in [0.717, 1.165) is 5.56 Å². The molecule has 1 aromatic carbocycles. The first kappa shape index (κ1) is 19.2. The standard InChI is InChI=1S/C19H22N4O3S/c1-11-16-12(2)26-19(17(16)18(25)22-21-11)20-15(24)10-23(3)9-13-5-7-14(27-4)8-6-13/h5-8H,9-10H2,1-4H3,(H,20,24)(H,22,25). The number of furan rings is 1. The Morgan fingerprint density at radius 3 is 2.63 bits per heavy atom. The molecule has 2 N–H and O–H groups in total. The monoisotopic (exact) mass is 386 g/mol. The molecule has 0 atom stereocenters. The van der Waals surface area contributed by atoms with Gasteiger partial charge < -0.3 is 4.42 Å². The number of rotatable bonds is 6. The number of H-pyrrole nitrogens is 1. The van der Waals surface area contributed by atoms with Crippen LogP contribution in [0.1, 0.15) is 17.0 Å². The molecule has 3 aromatic rings. The van der Waals surface area contributed by atoms with Crippen molar-refractivity contribution in [2.75, 3.05) is 25.2 Å². The van der Waals surface area contributed by atoms with Gasteiger partial charge in [0.1, 0.15) is 11.1 Å². The molecule has 0 aliphatic carbocycles. The third kappa shape index (κ3) is 4.23. The molecule has 1 amide bonds. The van der Waals surface area contributed by atoms with Crippen molar-refractivity contribution in [1.29, 1.82) is 0 Å². The van der Waals surface area contributed by atoms with Crippen LogP contribution in [-0.4, -0.2) is 40.9 Å². The average molecular weight is 386 g/mol. The fourth-order valence-corrected chi connectivity index (χ4v) is 3.45. The number of likely N-dealkylation sites (N-methyl/N-ethyl adjacent to an activating group) is 1. The average Bonchev–Trinajstić information content (AvgIpc) is 2.95. The van der Waals surface area contributed by atoms with E-state index in [1.165, 1.54) is 4.90 Å². The topological polar surface area (TPSA) is 91.2 Å². The third-order valence-electron chi connectivity index (χ3n) is 4.28. The highest BCUT2D eigenvalue weighted by atomic mass is 32.2. The number of carbonyl (C=O) groups is 1. The quantitative estimate of drug-likeness (QED) is 0.633. The lowest BCUT2D eigenvalue weighted by Crippen LogP contribution is -2.30. The Kier molecular flexibility index (Phi) is 5.67. The summed E-state index contributed by atoms with van der Waals surface area (Å²) < 4.78 is 5.61. The van der Waals surface area contributed by atoms with Crippen molar-refractivity contribution in [1.82, 2.24) is 15.1 Å². The van der Waals surface area contributed by atoms with E-state index < -0.39 is 0 Å². The molecule has 0 spiro atoms. The second kappa shape index (κ2) is 7.98.